The van der Waals surface area contributed by atoms with Crippen LogP contribution in [0, 0.1) is 0 Å². The molecule has 0 spiro atoms. The molecule has 1 saturated heterocycles. The van der Waals surface area contributed by atoms with Crippen molar-refractivity contribution in [1.82, 2.24) is 20.2 Å². The minimum Gasteiger partial charge on any atom is -0.314 e. The maximum absolute atomic E-state index is 11.9. The number of carbonyl (C=O) groups excluding carboxylic acids is 1. The SMILES string of the molecule is CC(=O)N(c1nc(CN2CCNCC2c2ccncc2)cs1)C1CC1.Cl. The van der Waals surface area contributed by atoms with Gasteiger partial charge in [0.15, 0.2) is 5.13 Å². The van der Waals surface area contributed by atoms with Crippen LogP contribution in [0.4, 0.5) is 5.13 Å². The highest BCUT2D eigenvalue weighted by Crippen LogP contribution is 2.34. The Morgan fingerprint density at radius 1 is 1.38 bits per heavy atom. The van der Waals surface area contributed by atoms with Crippen LogP contribution in [0.3, 0.4) is 0 Å². The quantitative estimate of drug-likeness (QED) is 0.846. The largest absolute Gasteiger partial charge is 0.314 e. The third kappa shape index (κ3) is 4.23. The lowest BCUT2D eigenvalue weighted by molar-refractivity contribution is -0.116. The Morgan fingerprint density at radius 2 is 2.15 bits per heavy atom. The molecule has 2 aromatic rings. The second kappa shape index (κ2) is 8.43. The maximum Gasteiger partial charge on any atom is 0.225 e. The lowest BCUT2D eigenvalue weighted by atomic mass is 10.0. The van der Waals surface area contributed by atoms with Gasteiger partial charge >= 0.3 is 0 Å². The van der Waals surface area contributed by atoms with Gasteiger partial charge in [0.1, 0.15) is 0 Å². The molecule has 0 aromatic carbocycles. The van der Waals surface area contributed by atoms with Crippen molar-refractivity contribution in [1.29, 1.82) is 0 Å². The van der Waals surface area contributed by atoms with Crippen LogP contribution < -0.4 is 10.2 Å². The zero-order valence-electron chi connectivity index (χ0n) is 14.8. The van der Waals surface area contributed by atoms with Gasteiger partial charge in [0.05, 0.1) is 5.69 Å². The number of hydrogen-bond donors (Lipinski definition) is 1. The second-order valence-electron chi connectivity index (χ2n) is 6.71. The van der Waals surface area contributed by atoms with E-state index in [1.54, 1.807) is 18.3 Å². The number of aromatic nitrogens is 2. The van der Waals surface area contributed by atoms with Crippen LogP contribution in [-0.4, -0.2) is 46.5 Å². The first-order valence-electron chi connectivity index (χ1n) is 8.81. The average molecular weight is 394 g/mol. The minimum atomic E-state index is 0. The van der Waals surface area contributed by atoms with Gasteiger partial charge < -0.3 is 5.32 Å². The molecular formula is C18H24ClN5OS. The lowest BCUT2D eigenvalue weighted by Crippen LogP contribution is -2.45. The summed E-state index contributed by atoms with van der Waals surface area (Å²) in [5.41, 5.74) is 2.33. The van der Waals surface area contributed by atoms with Crippen LogP contribution in [0.2, 0.25) is 0 Å². The van der Waals surface area contributed by atoms with E-state index in [1.165, 1.54) is 5.56 Å². The summed E-state index contributed by atoms with van der Waals surface area (Å²) in [6.45, 7) is 5.35. The fourth-order valence-electron chi connectivity index (χ4n) is 3.42. The topological polar surface area (TPSA) is 61.4 Å². The van der Waals surface area contributed by atoms with Crippen LogP contribution >= 0.6 is 23.7 Å². The molecule has 1 atom stereocenters. The van der Waals surface area contributed by atoms with Crippen molar-refractivity contribution in [3.05, 3.63) is 41.2 Å². The predicted octanol–water partition coefficient (Wildman–Crippen LogP) is 2.62. The van der Waals surface area contributed by atoms with E-state index >= 15 is 0 Å². The van der Waals surface area contributed by atoms with Crippen LogP contribution in [0.1, 0.15) is 37.1 Å². The third-order valence-electron chi connectivity index (χ3n) is 4.81. The Morgan fingerprint density at radius 3 is 2.85 bits per heavy atom. The number of pyridine rings is 1. The number of anilines is 1. The van der Waals surface area contributed by atoms with E-state index in [0.717, 1.165) is 49.8 Å². The van der Waals surface area contributed by atoms with E-state index in [4.69, 9.17) is 4.98 Å². The summed E-state index contributed by atoms with van der Waals surface area (Å²) in [5.74, 6) is 0.0974. The maximum atomic E-state index is 11.9. The molecule has 0 bridgehead atoms. The molecule has 2 fully saturated rings. The average Bonchev–Trinajstić information content (AvgIpc) is 3.35. The van der Waals surface area contributed by atoms with Gasteiger partial charge in [-0.15, -0.1) is 23.7 Å². The molecule has 6 nitrogen and oxygen atoms in total. The van der Waals surface area contributed by atoms with E-state index in [9.17, 15) is 4.79 Å². The first kappa shape index (κ1) is 19.2. The van der Waals surface area contributed by atoms with E-state index in [1.807, 2.05) is 17.3 Å². The Bertz CT molecular complexity index is 736. The smallest absolute Gasteiger partial charge is 0.225 e. The first-order valence-corrected chi connectivity index (χ1v) is 9.69. The van der Waals surface area contributed by atoms with Crippen molar-refractivity contribution < 1.29 is 4.79 Å². The molecule has 2 aliphatic rings. The molecule has 1 aliphatic heterocycles. The van der Waals surface area contributed by atoms with Crippen molar-refractivity contribution in [2.24, 2.45) is 0 Å². The van der Waals surface area contributed by atoms with Crippen molar-refractivity contribution in [3.8, 4) is 0 Å². The fraction of sp³-hybridized carbons (Fsp3) is 0.500. The van der Waals surface area contributed by atoms with Crippen molar-refractivity contribution >= 4 is 34.8 Å². The number of thiazole rings is 1. The molecule has 26 heavy (non-hydrogen) atoms. The molecule has 8 heteroatoms. The number of amides is 1. The first-order chi connectivity index (χ1) is 12.2. The summed E-state index contributed by atoms with van der Waals surface area (Å²) < 4.78 is 0. The molecule has 3 heterocycles. The fourth-order valence-corrected chi connectivity index (χ4v) is 4.35. The third-order valence-corrected chi connectivity index (χ3v) is 5.70. The summed E-state index contributed by atoms with van der Waals surface area (Å²) >= 11 is 1.58. The monoisotopic (exact) mass is 393 g/mol. The standard InChI is InChI=1S/C18H23N5OS.ClH/c1-13(24)23(16-2-3-16)18-21-15(12-25-18)11-22-9-8-20-10-17(22)14-4-6-19-7-5-14;/h4-7,12,16-17,20H,2-3,8-11H2,1H3;1H. The van der Waals surface area contributed by atoms with Crippen molar-refractivity contribution in [3.63, 3.8) is 0 Å². The van der Waals surface area contributed by atoms with Gasteiger partial charge in [-0.2, -0.15) is 0 Å². The zero-order valence-corrected chi connectivity index (χ0v) is 16.4. The molecule has 4 rings (SSSR count). The van der Waals surface area contributed by atoms with E-state index in [0.29, 0.717) is 12.1 Å². The van der Waals surface area contributed by atoms with Crippen molar-refractivity contribution in [2.75, 3.05) is 24.5 Å². The normalized spacial score (nSPS) is 20.4. The molecule has 1 saturated carbocycles. The lowest BCUT2D eigenvalue weighted by Gasteiger charge is -2.36. The molecule has 1 N–H and O–H groups in total. The van der Waals surface area contributed by atoms with E-state index in [-0.39, 0.29) is 18.3 Å². The van der Waals surface area contributed by atoms with Crippen LogP contribution in [-0.2, 0) is 11.3 Å². The van der Waals surface area contributed by atoms with E-state index < -0.39 is 0 Å². The van der Waals surface area contributed by atoms with E-state index in [2.05, 4.69) is 32.7 Å². The second-order valence-corrected chi connectivity index (χ2v) is 7.55. The highest BCUT2D eigenvalue weighted by atomic mass is 35.5. The Labute approximate surface area is 164 Å². The molecule has 2 aromatic heterocycles. The van der Waals surface area contributed by atoms with Gasteiger partial charge in [0, 0.05) is 63.0 Å². The van der Waals surface area contributed by atoms with Crippen molar-refractivity contribution in [2.45, 2.75) is 38.4 Å². The van der Waals surface area contributed by atoms with Gasteiger partial charge in [-0.05, 0) is 30.5 Å². The molecule has 1 unspecified atom stereocenters. The molecule has 0 radical (unpaired) electrons. The predicted molar refractivity (Wildman–Crippen MR) is 106 cm³/mol. The minimum absolute atomic E-state index is 0. The number of nitrogens with zero attached hydrogens (tertiary/aromatic N) is 4. The Hall–Kier alpha value is -1.54. The number of rotatable bonds is 5. The number of halogens is 1. The molecule has 140 valence electrons. The number of piperazine rings is 1. The summed E-state index contributed by atoms with van der Waals surface area (Å²) in [7, 11) is 0. The highest BCUT2D eigenvalue weighted by Gasteiger charge is 2.34. The number of nitrogens with one attached hydrogen (secondary N) is 1. The highest BCUT2D eigenvalue weighted by molar-refractivity contribution is 7.14. The van der Waals surface area contributed by atoms with Crippen LogP contribution in [0.15, 0.2) is 29.9 Å². The summed E-state index contributed by atoms with van der Waals surface area (Å²) in [5, 5.41) is 6.42. The molecule has 1 amide bonds. The van der Waals surface area contributed by atoms with Gasteiger partial charge in [-0.1, -0.05) is 0 Å². The Kier molecular flexibility index (Phi) is 6.24. The summed E-state index contributed by atoms with van der Waals surface area (Å²) in [4.78, 5) is 25.1. The van der Waals surface area contributed by atoms with Gasteiger partial charge in [-0.25, -0.2) is 4.98 Å². The zero-order chi connectivity index (χ0) is 17.2. The molecular weight excluding hydrogens is 370 g/mol. The van der Waals surface area contributed by atoms with Crippen LogP contribution in [0.25, 0.3) is 0 Å². The van der Waals surface area contributed by atoms with Gasteiger partial charge in [0.2, 0.25) is 5.91 Å². The van der Waals surface area contributed by atoms with Crippen LogP contribution in [0.5, 0.6) is 0 Å². The summed E-state index contributed by atoms with van der Waals surface area (Å²) in [6, 6.07) is 4.86. The number of carbonyl (C=O) groups is 1. The number of hydrogen-bond acceptors (Lipinski definition) is 6. The molecule has 1 aliphatic carbocycles. The van der Waals surface area contributed by atoms with Gasteiger partial charge in [-0.3, -0.25) is 19.6 Å². The Balaban J connectivity index is 0.00000196. The van der Waals surface area contributed by atoms with Gasteiger partial charge in [0.25, 0.3) is 0 Å². The summed E-state index contributed by atoms with van der Waals surface area (Å²) in [6.07, 6.45) is 5.89.